The highest BCUT2D eigenvalue weighted by atomic mass is 32.1. The van der Waals surface area contributed by atoms with Gasteiger partial charge in [-0.25, -0.2) is 0 Å². The van der Waals surface area contributed by atoms with Crippen LogP contribution in [0, 0.1) is 6.92 Å². The lowest BCUT2D eigenvalue weighted by Crippen LogP contribution is -2.33. The highest BCUT2D eigenvalue weighted by Crippen LogP contribution is 2.41. The fourth-order valence-corrected chi connectivity index (χ4v) is 5.62. The van der Waals surface area contributed by atoms with Gasteiger partial charge in [0.05, 0.1) is 17.8 Å². The van der Waals surface area contributed by atoms with Crippen molar-refractivity contribution in [1.29, 1.82) is 0 Å². The highest BCUT2D eigenvalue weighted by molar-refractivity contribution is 7.80. The van der Waals surface area contributed by atoms with Gasteiger partial charge in [0.2, 0.25) is 5.91 Å². The minimum Gasteiger partial charge on any atom is -0.352 e. The van der Waals surface area contributed by atoms with Crippen molar-refractivity contribution in [2.45, 2.75) is 57.2 Å². The maximum absolute atomic E-state index is 12.8. The average molecular weight is 474 g/mol. The normalized spacial score (nSPS) is 20.5. The Labute approximate surface area is 206 Å². The van der Waals surface area contributed by atoms with E-state index in [0.29, 0.717) is 24.1 Å². The number of nitrogens with one attached hydrogen (secondary N) is 2. The van der Waals surface area contributed by atoms with Crippen LogP contribution in [0.5, 0.6) is 0 Å². The van der Waals surface area contributed by atoms with Crippen molar-refractivity contribution in [1.82, 2.24) is 19.8 Å². The highest BCUT2D eigenvalue weighted by Gasteiger charge is 2.41. The number of rotatable bonds is 7. The molecule has 2 aromatic heterocycles. The molecular formula is C27H31N5OS. The van der Waals surface area contributed by atoms with Gasteiger partial charge in [-0.05, 0) is 67.9 Å². The summed E-state index contributed by atoms with van der Waals surface area (Å²) in [6, 6.07) is 18.6. The van der Waals surface area contributed by atoms with Crippen LogP contribution >= 0.6 is 12.2 Å². The number of para-hydroxylation sites is 1. The van der Waals surface area contributed by atoms with Gasteiger partial charge in [-0.1, -0.05) is 37.1 Å². The smallest absolute Gasteiger partial charge is 0.226 e. The quantitative estimate of drug-likeness (QED) is 0.456. The van der Waals surface area contributed by atoms with Crippen molar-refractivity contribution >= 4 is 28.9 Å². The zero-order chi connectivity index (χ0) is 23.5. The molecular weight excluding hydrogens is 442 g/mol. The number of nitrogens with zero attached hydrogens (tertiary/aromatic N) is 3. The number of hydrogen-bond acceptors (Lipinski definition) is 3. The van der Waals surface area contributed by atoms with Crippen LogP contribution in [0.15, 0.2) is 67.0 Å². The summed E-state index contributed by atoms with van der Waals surface area (Å²) in [5.41, 5.74) is 4.10. The maximum atomic E-state index is 12.8. The predicted molar refractivity (Wildman–Crippen MR) is 139 cm³/mol. The number of aromatic nitrogens is 2. The number of amides is 1. The summed E-state index contributed by atoms with van der Waals surface area (Å²) in [5, 5.41) is 7.23. The third-order valence-corrected chi connectivity index (χ3v) is 7.38. The molecule has 2 N–H and O–H groups in total. The number of thiocarbonyl (C=S) groups is 1. The van der Waals surface area contributed by atoms with Crippen LogP contribution in [0.2, 0.25) is 0 Å². The van der Waals surface area contributed by atoms with Gasteiger partial charge in [0.15, 0.2) is 5.11 Å². The number of carbonyl (C=O) groups is 1. The molecule has 1 aliphatic carbocycles. The lowest BCUT2D eigenvalue weighted by atomic mass is 10.0. The molecule has 2 aliphatic rings. The first-order chi connectivity index (χ1) is 16.6. The van der Waals surface area contributed by atoms with Crippen molar-refractivity contribution < 1.29 is 4.79 Å². The summed E-state index contributed by atoms with van der Waals surface area (Å²) >= 11 is 5.80. The zero-order valence-corrected chi connectivity index (χ0v) is 20.3. The van der Waals surface area contributed by atoms with Crippen LogP contribution in [0.25, 0.3) is 0 Å². The van der Waals surface area contributed by atoms with Gasteiger partial charge in [0, 0.05) is 42.8 Å². The van der Waals surface area contributed by atoms with E-state index in [1.807, 2.05) is 55.6 Å². The van der Waals surface area contributed by atoms with Crippen molar-refractivity contribution in [2.75, 3.05) is 11.9 Å². The first-order valence-electron chi connectivity index (χ1n) is 12.1. The number of anilines is 1. The van der Waals surface area contributed by atoms with Crippen LogP contribution in [0.1, 0.15) is 67.2 Å². The van der Waals surface area contributed by atoms with Crippen molar-refractivity contribution in [3.63, 3.8) is 0 Å². The number of carbonyl (C=O) groups excluding carboxylic acids is 1. The summed E-state index contributed by atoms with van der Waals surface area (Å²) in [5.74, 6) is -0.0108. The molecule has 1 amide bonds. The molecule has 5 rings (SSSR count). The third kappa shape index (κ3) is 4.57. The van der Waals surface area contributed by atoms with E-state index in [0.717, 1.165) is 16.9 Å². The van der Waals surface area contributed by atoms with Gasteiger partial charge in [0.25, 0.3) is 0 Å². The van der Waals surface area contributed by atoms with Crippen molar-refractivity contribution in [2.24, 2.45) is 0 Å². The largest absolute Gasteiger partial charge is 0.352 e. The van der Waals surface area contributed by atoms with Gasteiger partial charge in [-0.15, -0.1) is 0 Å². The Kier molecular flexibility index (Phi) is 6.63. The maximum Gasteiger partial charge on any atom is 0.226 e. The Bertz CT molecular complexity index is 1150. The molecule has 3 aromatic rings. The average Bonchev–Trinajstić information content (AvgIpc) is 3.59. The molecule has 0 spiro atoms. The Hall–Kier alpha value is -3.19. The summed E-state index contributed by atoms with van der Waals surface area (Å²) in [7, 11) is 0. The molecule has 1 aliphatic heterocycles. The number of hydrogen-bond donors (Lipinski definition) is 2. The number of benzene rings is 1. The molecule has 7 heteroatoms. The van der Waals surface area contributed by atoms with Crippen LogP contribution in [-0.4, -0.2) is 32.0 Å². The van der Waals surface area contributed by atoms with E-state index in [4.69, 9.17) is 12.2 Å². The molecule has 0 radical (unpaired) electrons. The van der Waals surface area contributed by atoms with E-state index < -0.39 is 0 Å². The minimum atomic E-state index is -0.0665. The molecule has 6 nitrogen and oxygen atoms in total. The first kappa shape index (κ1) is 22.6. The van der Waals surface area contributed by atoms with Crippen LogP contribution < -0.4 is 10.6 Å². The predicted octanol–water partition coefficient (Wildman–Crippen LogP) is 5.31. The first-order valence-corrected chi connectivity index (χ1v) is 12.5. The second kappa shape index (κ2) is 9.97. The monoisotopic (exact) mass is 473 g/mol. The van der Waals surface area contributed by atoms with Crippen LogP contribution in [-0.2, 0) is 4.79 Å². The third-order valence-electron chi connectivity index (χ3n) is 7.03. The standard InChI is InChI=1S/C27H31N5OS/c1-19-9-2-5-12-21(19)29-24(33)15-18-32-26(23-14-8-17-31(23)20-10-3-4-11-20)25(30-27(32)34)22-13-6-7-16-28-22/h2,5-9,12-14,16-17,20,25-26H,3-4,10-11,15,18H2,1H3,(H,29,33)(H,30,34)/t25-,26+/m1/s1. The zero-order valence-electron chi connectivity index (χ0n) is 19.5. The van der Waals surface area contributed by atoms with Gasteiger partial charge >= 0.3 is 0 Å². The van der Waals surface area contributed by atoms with Gasteiger partial charge in [0.1, 0.15) is 0 Å². The van der Waals surface area contributed by atoms with E-state index in [2.05, 4.69) is 43.4 Å². The van der Waals surface area contributed by atoms with Crippen LogP contribution in [0.3, 0.4) is 0 Å². The summed E-state index contributed by atoms with van der Waals surface area (Å²) in [4.78, 5) is 19.6. The van der Waals surface area contributed by atoms with Gasteiger partial charge in [-0.3, -0.25) is 9.78 Å². The van der Waals surface area contributed by atoms with Gasteiger partial charge in [-0.2, -0.15) is 0 Å². The molecule has 1 aromatic carbocycles. The topological polar surface area (TPSA) is 62.2 Å². The summed E-state index contributed by atoms with van der Waals surface area (Å²) in [6.07, 6.45) is 9.34. The summed E-state index contributed by atoms with van der Waals surface area (Å²) < 4.78 is 2.43. The number of pyridine rings is 1. The van der Waals surface area contributed by atoms with E-state index in [1.54, 1.807) is 0 Å². The Morgan fingerprint density at radius 1 is 1.12 bits per heavy atom. The van der Waals surface area contributed by atoms with Crippen molar-refractivity contribution in [3.8, 4) is 0 Å². The Balaban J connectivity index is 1.40. The SMILES string of the molecule is Cc1ccccc1NC(=O)CCN1C(=S)N[C@H](c2ccccn2)[C@@H]1c1cccn1C1CCCC1. The molecule has 1 saturated carbocycles. The molecule has 0 bridgehead atoms. The lowest BCUT2D eigenvalue weighted by molar-refractivity contribution is -0.116. The second-order valence-electron chi connectivity index (χ2n) is 9.21. The van der Waals surface area contributed by atoms with Crippen LogP contribution in [0.4, 0.5) is 5.69 Å². The van der Waals surface area contributed by atoms with E-state index in [1.165, 1.54) is 31.4 Å². The lowest BCUT2D eigenvalue weighted by Gasteiger charge is -2.30. The summed E-state index contributed by atoms with van der Waals surface area (Å²) in [6.45, 7) is 2.53. The van der Waals surface area contributed by atoms with E-state index >= 15 is 0 Å². The van der Waals surface area contributed by atoms with Crippen molar-refractivity contribution in [3.05, 3.63) is 83.9 Å². The molecule has 3 heterocycles. The fraction of sp³-hybridized carbons (Fsp3) is 0.370. The fourth-order valence-electron chi connectivity index (χ4n) is 5.29. The molecule has 1 saturated heterocycles. The minimum absolute atomic E-state index is 0.0108. The Morgan fingerprint density at radius 2 is 1.91 bits per heavy atom. The van der Waals surface area contributed by atoms with E-state index in [9.17, 15) is 4.79 Å². The number of aryl methyl sites for hydroxylation is 1. The van der Waals surface area contributed by atoms with Gasteiger partial charge < -0.3 is 20.1 Å². The Morgan fingerprint density at radius 3 is 2.68 bits per heavy atom. The molecule has 176 valence electrons. The molecule has 2 atom stereocenters. The molecule has 34 heavy (non-hydrogen) atoms. The second-order valence-corrected chi connectivity index (χ2v) is 9.60. The molecule has 2 fully saturated rings. The van der Waals surface area contributed by atoms with E-state index in [-0.39, 0.29) is 18.0 Å². The molecule has 0 unspecified atom stereocenters.